The maximum absolute atomic E-state index is 13.6. The fourth-order valence-electron chi connectivity index (χ4n) is 4.92. The van der Waals surface area contributed by atoms with Gasteiger partial charge in [-0.2, -0.15) is 5.10 Å². The summed E-state index contributed by atoms with van der Waals surface area (Å²) in [5.74, 6) is 0.219. The number of nitrogen functional groups attached to an aromatic ring is 1. The second-order valence-electron chi connectivity index (χ2n) is 9.58. The predicted octanol–water partition coefficient (Wildman–Crippen LogP) is 4.36. The first-order valence-corrected chi connectivity index (χ1v) is 12.1. The molecule has 35 heavy (non-hydrogen) atoms. The summed E-state index contributed by atoms with van der Waals surface area (Å²) < 4.78 is 21.4. The molecular formula is C25H28ClFN6O2. The van der Waals surface area contributed by atoms with Crippen LogP contribution in [0.3, 0.4) is 0 Å². The van der Waals surface area contributed by atoms with Crippen LogP contribution >= 0.6 is 11.6 Å². The number of hydrogen-bond acceptors (Lipinski definition) is 5. The lowest BCUT2D eigenvalue weighted by Gasteiger charge is -2.24. The summed E-state index contributed by atoms with van der Waals surface area (Å²) in [6.07, 6.45) is 3.54. The third-order valence-corrected chi connectivity index (χ3v) is 7.12. The zero-order valence-corrected chi connectivity index (χ0v) is 20.5. The molecule has 1 spiro atoms. The number of anilines is 1. The van der Waals surface area contributed by atoms with Crippen LogP contribution in [0.5, 0.6) is 5.75 Å². The predicted molar refractivity (Wildman–Crippen MR) is 132 cm³/mol. The van der Waals surface area contributed by atoms with Crippen molar-refractivity contribution in [2.45, 2.75) is 51.3 Å². The van der Waals surface area contributed by atoms with E-state index in [0.717, 1.165) is 42.9 Å². The molecule has 8 nitrogen and oxygen atoms in total. The molecule has 5 rings (SSSR count). The lowest BCUT2D eigenvalue weighted by atomic mass is 9.82. The molecule has 1 aromatic carbocycles. The van der Waals surface area contributed by atoms with Crippen molar-refractivity contribution >= 4 is 23.4 Å². The third-order valence-electron chi connectivity index (χ3n) is 6.75. The SMILES string of the molecule is CC(C)NC(=O)N1CCC2(CCn3nc(-c4cnc(N)c(OCc5cc(F)ccc5Cl)c4)cc32)C1. The molecule has 184 valence electrons. The van der Waals surface area contributed by atoms with Crippen molar-refractivity contribution in [3.05, 3.63) is 58.6 Å². The van der Waals surface area contributed by atoms with Gasteiger partial charge in [0, 0.05) is 59.1 Å². The molecule has 2 aliphatic heterocycles. The van der Waals surface area contributed by atoms with Crippen LogP contribution in [0.4, 0.5) is 15.0 Å². The number of carbonyl (C=O) groups excluding carboxylic acids is 1. The number of likely N-dealkylation sites (tertiary alicyclic amines) is 1. The Hall–Kier alpha value is -3.33. The number of nitrogens with one attached hydrogen (secondary N) is 1. The highest BCUT2D eigenvalue weighted by Crippen LogP contribution is 2.44. The first-order valence-electron chi connectivity index (χ1n) is 11.7. The maximum atomic E-state index is 13.6. The van der Waals surface area contributed by atoms with E-state index >= 15 is 0 Å². The highest BCUT2D eigenvalue weighted by Gasteiger charge is 2.47. The zero-order chi connectivity index (χ0) is 24.7. The van der Waals surface area contributed by atoms with Crippen molar-refractivity contribution in [1.29, 1.82) is 0 Å². The van der Waals surface area contributed by atoms with Gasteiger partial charge in [-0.15, -0.1) is 0 Å². The van der Waals surface area contributed by atoms with Crippen LogP contribution in [0.15, 0.2) is 36.5 Å². The number of aryl methyl sites for hydroxylation is 1. The number of amides is 2. The van der Waals surface area contributed by atoms with Crippen LogP contribution in [0.2, 0.25) is 5.02 Å². The number of aromatic nitrogens is 3. The van der Waals surface area contributed by atoms with Gasteiger partial charge in [0.25, 0.3) is 0 Å². The van der Waals surface area contributed by atoms with Gasteiger partial charge < -0.3 is 20.7 Å². The Morgan fingerprint density at radius 2 is 2.09 bits per heavy atom. The Bertz CT molecular complexity index is 1280. The molecule has 3 N–H and O–H groups in total. The van der Waals surface area contributed by atoms with Crippen LogP contribution in [0.1, 0.15) is 37.9 Å². The molecular weight excluding hydrogens is 471 g/mol. The quantitative estimate of drug-likeness (QED) is 0.544. The van der Waals surface area contributed by atoms with Gasteiger partial charge in [-0.05, 0) is 57.0 Å². The number of halogens is 2. The van der Waals surface area contributed by atoms with E-state index in [4.69, 9.17) is 27.2 Å². The van der Waals surface area contributed by atoms with Crippen molar-refractivity contribution in [3.8, 4) is 17.0 Å². The van der Waals surface area contributed by atoms with Gasteiger partial charge in [-0.25, -0.2) is 14.2 Å². The Labute approximate surface area is 208 Å². The first kappa shape index (κ1) is 23.4. The molecule has 2 aromatic heterocycles. The van der Waals surface area contributed by atoms with Gasteiger partial charge in [0.1, 0.15) is 12.4 Å². The lowest BCUT2D eigenvalue weighted by Crippen LogP contribution is -2.43. The summed E-state index contributed by atoms with van der Waals surface area (Å²) >= 11 is 6.15. The van der Waals surface area contributed by atoms with Crippen LogP contribution in [0.25, 0.3) is 11.3 Å². The van der Waals surface area contributed by atoms with Gasteiger partial charge in [0.2, 0.25) is 0 Å². The second kappa shape index (κ2) is 9.03. The highest BCUT2D eigenvalue weighted by molar-refractivity contribution is 6.31. The molecule has 4 heterocycles. The molecule has 1 fully saturated rings. The first-order chi connectivity index (χ1) is 16.7. The average molecular weight is 499 g/mol. The highest BCUT2D eigenvalue weighted by atomic mass is 35.5. The van der Waals surface area contributed by atoms with Crippen LogP contribution in [0, 0.1) is 5.82 Å². The number of carbonyl (C=O) groups is 1. The number of fused-ring (bicyclic) bond motifs is 2. The van der Waals surface area contributed by atoms with E-state index in [1.165, 1.54) is 18.2 Å². The van der Waals surface area contributed by atoms with Gasteiger partial charge >= 0.3 is 6.03 Å². The van der Waals surface area contributed by atoms with Crippen LogP contribution < -0.4 is 15.8 Å². The van der Waals surface area contributed by atoms with Crippen molar-refractivity contribution in [3.63, 3.8) is 0 Å². The van der Waals surface area contributed by atoms with Crippen molar-refractivity contribution in [2.75, 3.05) is 18.8 Å². The number of benzene rings is 1. The number of nitrogens with two attached hydrogens (primary N) is 1. The Morgan fingerprint density at radius 1 is 1.29 bits per heavy atom. The Balaban J connectivity index is 1.35. The second-order valence-corrected chi connectivity index (χ2v) is 9.98. The van der Waals surface area contributed by atoms with E-state index in [9.17, 15) is 9.18 Å². The van der Waals surface area contributed by atoms with E-state index in [1.54, 1.807) is 12.3 Å². The van der Waals surface area contributed by atoms with E-state index in [0.29, 0.717) is 22.9 Å². The molecule has 0 aliphatic carbocycles. The summed E-state index contributed by atoms with van der Waals surface area (Å²) in [6, 6.07) is 8.08. The summed E-state index contributed by atoms with van der Waals surface area (Å²) in [5.41, 5.74) is 9.14. The molecule has 1 atom stereocenters. The molecule has 3 aromatic rings. The molecule has 1 unspecified atom stereocenters. The normalized spacial score (nSPS) is 18.9. The maximum Gasteiger partial charge on any atom is 0.317 e. The summed E-state index contributed by atoms with van der Waals surface area (Å²) in [5, 5.41) is 8.21. The minimum absolute atomic E-state index is 0.0158. The van der Waals surface area contributed by atoms with Crippen molar-refractivity contribution < 1.29 is 13.9 Å². The molecule has 0 radical (unpaired) electrons. The van der Waals surface area contributed by atoms with Gasteiger partial charge in [-0.1, -0.05) is 11.6 Å². The number of pyridine rings is 1. The van der Waals surface area contributed by atoms with Crippen molar-refractivity contribution in [1.82, 2.24) is 25.0 Å². The summed E-state index contributed by atoms with van der Waals surface area (Å²) in [7, 11) is 0. The number of urea groups is 1. The third kappa shape index (κ3) is 4.52. The molecule has 10 heteroatoms. The lowest BCUT2D eigenvalue weighted by molar-refractivity contribution is 0.203. The van der Waals surface area contributed by atoms with Crippen molar-refractivity contribution in [2.24, 2.45) is 0 Å². The molecule has 2 aliphatic rings. The Morgan fingerprint density at radius 3 is 2.89 bits per heavy atom. The van der Waals surface area contributed by atoms with E-state index in [-0.39, 0.29) is 35.7 Å². The van der Waals surface area contributed by atoms with E-state index < -0.39 is 0 Å². The van der Waals surface area contributed by atoms with Crippen LogP contribution in [-0.4, -0.2) is 44.8 Å². The number of ether oxygens (including phenoxy) is 1. The zero-order valence-electron chi connectivity index (χ0n) is 19.7. The molecule has 0 saturated carbocycles. The number of rotatable bonds is 5. The molecule has 2 amide bonds. The largest absolute Gasteiger partial charge is 0.485 e. The summed E-state index contributed by atoms with van der Waals surface area (Å²) in [6.45, 7) is 6.20. The van der Waals surface area contributed by atoms with E-state index in [2.05, 4.69) is 16.4 Å². The van der Waals surface area contributed by atoms with Crippen LogP contribution in [-0.2, 0) is 18.6 Å². The standard InChI is InChI=1S/C25H28ClFN6O2/c1-15(2)30-24(34)32-7-5-25(14-32)6-8-33-22(25)11-20(31-33)16-10-21(23(28)29-12-16)35-13-17-9-18(27)3-4-19(17)26/h3-4,9-12,15H,5-8,13-14H2,1-2H3,(H2,28,29)(H,30,34). The minimum atomic E-state index is -0.388. The van der Waals surface area contributed by atoms with Gasteiger partial charge in [-0.3, -0.25) is 4.68 Å². The van der Waals surface area contributed by atoms with E-state index in [1.807, 2.05) is 23.4 Å². The van der Waals surface area contributed by atoms with Gasteiger partial charge in [0.05, 0.1) is 5.69 Å². The average Bonchev–Trinajstić information content (AvgIpc) is 3.52. The summed E-state index contributed by atoms with van der Waals surface area (Å²) in [4.78, 5) is 18.7. The fraction of sp³-hybridized carbons (Fsp3) is 0.400. The minimum Gasteiger partial charge on any atom is -0.485 e. The number of hydrogen-bond donors (Lipinski definition) is 2. The molecule has 1 saturated heterocycles. The topological polar surface area (TPSA) is 98.3 Å². The monoisotopic (exact) mass is 498 g/mol. The number of nitrogens with zero attached hydrogens (tertiary/aromatic N) is 4. The van der Waals surface area contributed by atoms with Gasteiger partial charge in [0.15, 0.2) is 11.6 Å². The fourth-order valence-corrected chi connectivity index (χ4v) is 5.09. The Kier molecular flexibility index (Phi) is 6.04. The molecule has 0 bridgehead atoms. The smallest absolute Gasteiger partial charge is 0.317 e.